The molecule has 0 saturated carbocycles. The Hall–Kier alpha value is -2.89. The molecule has 0 amide bonds. The van der Waals surface area contributed by atoms with E-state index in [1.165, 1.54) is 13.2 Å². The zero-order chi connectivity index (χ0) is 19.0. The van der Waals surface area contributed by atoms with E-state index < -0.39 is 23.5 Å². The maximum Gasteiger partial charge on any atom is 0.339 e. The summed E-state index contributed by atoms with van der Waals surface area (Å²) in [6.07, 6.45) is 2.61. The Morgan fingerprint density at radius 2 is 1.72 bits per heavy atom. The molecule has 1 aromatic rings. The highest BCUT2D eigenvalue weighted by atomic mass is 16.6. The van der Waals surface area contributed by atoms with Gasteiger partial charge in [-0.2, -0.15) is 0 Å². The van der Waals surface area contributed by atoms with Crippen molar-refractivity contribution >= 4 is 24.0 Å². The Labute approximate surface area is 147 Å². The number of ether oxygens (including phenoxy) is 3. The SMILES string of the molecule is C=C(CC(=O)OC(C)(C)C)C(=O)Oc1ccc(/C=C/C(=O)OC)cc1. The fraction of sp³-hybridized carbons (Fsp3) is 0.316. The molecule has 0 aliphatic heterocycles. The van der Waals surface area contributed by atoms with Crippen molar-refractivity contribution in [3.63, 3.8) is 0 Å². The summed E-state index contributed by atoms with van der Waals surface area (Å²) in [5, 5.41) is 0. The highest BCUT2D eigenvalue weighted by Crippen LogP contribution is 2.16. The Balaban J connectivity index is 2.59. The lowest BCUT2D eigenvalue weighted by atomic mass is 10.1. The van der Waals surface area contributed by atoms with Gasteiger partial charge in [0.1, 0.15) is 11.4 Å². The molecule has 0 saturated heterocycles. The highest BCUT2D eigenvalue weighted by molar-refractivity contribution is 5.94. The first kappa shape index (κ1) is 20.2. The van der Waals surface area contributed by atoms with Crippen molar-refractivity contribution < 1.29 is 28.6 Å². The number of hydrogen-bond acceptors (Lipinski definition) is 6. The van der Waals surface area contributed by atoms with Crippen LogP contribution in [0.15, 0.2) is 42.5 Å². The van der Waals surface area contributed by atoms with Gasteiger partial charge in [-0.3, -0.25) is 4.79 Å². The van der Waals surface area contributed by atoms with Gasteiger partial charge in [-0.15, -0.1) is 0 Å². The summed E-state index contributed by atoms with van der Waals surface area (Å²) >= 11 is 0. The summed E-state index contributed by atoms with van der Waals surface area (Å²) in [5.41, 5.74) is 0.108. The molecule has 0 radical (unpaired) electrons. The van der Waals surface area contributed by atoms with Gasteiger partial charge in [0, 0.05) is 11.6 Å². The summed E-state index contributed by atoms with van der Waals surface area (Å²) in [5.74, 6) is -1.42. The smallest absolute Gasteiger partial charge is 0.339 e. The quantitative estimate of drug-likeness (QED) is 0.447. The minimum absolute atomic E-state index is 0.00362. The third kappa shape index (κ3) is 7.97. The Morgan fingerprint density at radius 3 is 2.24 bits per heavy atom. The Morgan fingerprint density at radius 1 is 1.12 bits per heavy atom. The lowest BCUT2D eigenvalue weighted by molar-refractivity contribution is -0.154. The van der Waals surface area contributed by atoms with E-state index in [0.29, 0.717) is 5.75 Å². The Kier molecular flexibility index (Phi) is 7.11. The molecule has 0 atom stereocenters. The fourth-order valence-corrected chi connectivity index (χ4v) is 1.68. The molecule has 0 N–H and O–H groups in total. The van der Waals surface area contributed by atoms with Gasteiger partial charge >= 0.3 is 17.9 Å². The van der Waals surface area contributed by atoms with Crippen LogP contribution in [-0.2, 0) is 23.9 Å². The maximum atomic E-state index is 11.9. The number of methoxy groups -OCH3 is 1. The van der Waals surface area contributed by atoms with E-state index in [2.05, 4.69) is 11.3 Å². The molecule has 134 valence electrons. The van der Waals surface area contributed by atoms with Crippen LogP contribution in [0.1, 0.15) is 32.8 Å². The molecule has 0 fully saturated rings. The molecule has 0 aliphatic rings. The zero-order valence-corrected chi connectivity index (χ0v) is 14.8. The average molecular weight is 346 g/mol. The number of esters is 3. The van der Waals surface area contributed by atoms with Crippen molar-refractivity contribution in [3.05, 3.63) is 48.1 Å². The molecule has 0 heterocycles. The van der Waals surface area contributed by atoms with Gasteiger partial charge < -0.3 is 14.2 Å². The summed E-state index contributed by atoms with van der Waals surface area (Å²) in [6.45, 7) is 8.77. The second-order valence-electron chi connectivity index (χ2n) is 6.18. The van der Waals surface area contributed by atoms with Crippen molar-refractivity contribution in [1.29, 1.82) is 0 Å². The molecule has 0 bridgehead atoms. The molecule has 25 heavy (non-hydrogen) atoms. The van der Waals surface area contributed by atoms with Crippen molar-refractivity contribution in [2.75, 3.05) is 7.11 Å². The van der Waals surface area contributed by atoms with Crippen molar-refractivity contribution in [1.82, 2.24) is 0 Å². The predicted octanol–water partition coefficient (Wildman–Crippen LogP) is 3.07. The molecular formula is C19H22O6. The first-order chi connectivity index (χ1) is 11.6. The van der Waals surface area contributed by atoms with Gasteiger partial charge in [0.15, 0.2) is 0 Å². The van der Waals surface area contributed by atoms with Gasteiger partial charge in [-0.25, -0.2) is 9.59 Å². The first-order valence-corrected chi connectivity index (χ1v) is 7.58. The number of benzene rings is 1. The number of rotatable bonds is 6. The standard InChI is InChI=1S/C19H22O6/c1-13(12-17(21)25-19(2,3)4)18(22)24-15-9-6-14(7-10-15)8-11-16(20)23-5/h6-11H,1,12H2,2-5H3/b11-8+. The summed E-state index contributed by atoms with van der Waals surface area (Å²) in [6, 6.07) is 6.46. The topological polar surface area (TPSA) is 78.9 Å². The molecule has 1 rings (SSSR count). The van der Waals surface area contributed by atoms with Crippen LogP contribution < -0.4 is 4.74 Å². The second-order valence-corrected chi connectivity index (χ2v) is 6.18. The van der Waals surface area contributed by atoms with Crippen LogP contribution in [0.2, 0.25) is 0 Å². The van der Waals surface area contributed by atoms with E-state index in [0.717, 1.165) is 5.56 Å². The van der Waals surface area contributed by atoms with Gasteiger partial charge in [-0.1, -0.05) is 18.7 Å². The number of carbonyl (C=O) groups excluding carboxylic acids is 3. The Bertz CT molecular complexity index is 677. The third-order valence-electron chi connectivity index (χ3n) is 2.77. The van der Waals surface area contributed by atoms with E-state index in [9.17, 15) is 14.4 Å². The molecular weight excluding hydrogens is 324 g/mol. The number of carbonyl (C=O) groups is 3. The van der Waals surface area contributed by atoms with Crippen LogP contribution in [0.25, 0.3) is 6.08 Å². The maximum absolute atomic E-state index is 11.9. The number of hydrogen-bond donors (Lipinski definition) is 0. The monoisotopic (exact) mass is 346 g/mol. The molecule has 1 aromatic carbocycles. The highest BCUT2D eigenvalue weighted by Gasteiger charge is 2.20. The third-order valence-corrected chi connectivity index (χ3v) is 2.77. The lowest BCUT2D eigenvalue weighted by Gasteiger charge is -2.19. The van der Waals surface area contributed by atoms with Crippen molar-refractivity contribution in [2.45, 2.75) is 32.8 Å². The van der Waals surface area contributed by atoms with Crippen molar-refractivity contribution in [2.24, 2.45) is 0 Å². The second kappa shape index (κ2) is 8.82. The molecule has 0 aliphatic carbocycles. The summed E-state index contributed by atoms with van der Waals surface area (Å²) < 4.78 is 14.8. The van der Waals surface area contributed by atoms with E-state index in [-0.39, 0.29) is 12.0 Å². The summed E-state index contributed by atoms with van der Waals surface area (Å²) in [4.78, 5) is 34.7. The van der Waals surface area contributed by atoms with Crippen LogP contribution in [0.3, 0.4) is 0 Å². The van der Waals surface area contributed by atoms with E-state index in [1.54, 1.807) is 51.1 Å². The average Bonchev–Trinajstić information content (AvgIpc) is 2.51. The van der Waals surface area contributed by atoms with Crippen LogP contribution in [-0.4, -0.2) is 30.6 Å². The summed E-state index contributed by atoms with van der Waals surface area (Å²) in [7, 11) is 1.29. The van der Waals surface area contributed by atoms with Crippen LogP contribution >= 0.6 is 0 Å². The van der Waals surface area contributed by atoms with E-state index >= 15 is 0 Å². The predicted molar refractivity (Wildman–Crippen MR) is 92.7 cm³/mol. The van der Waals surface area contributed by atoms with Crippen LogP contribution in [0.4, 0.5) is 0 Å². The molecule has 6 heteroatoms. The normalized spacial score (nSPS) is 11.0. The molecule has 0 unspecified atom stereocenters. The van der Waals surface area contributed by atoms with E-state index in [4.69, 9.17) is 9.47 Å². The van der Waals surface area contributed by atoms with Crippen LogP contribution in [0, 0.1) is 0 Å². The van der Waals surface area contributed by atoms with Gasteiger partial charge in [-0.05, 0) is 44.5 Å². The molecule has 0 spiro atoms. The lowest BCUT2D eigenvalue weighted by Crippen LogP contribution is -2.25. The van der Waals surface area contributed by atoms with Gasteiger partial charge in [0.2, 0.25) is 0 Å². The van der Waals surface area contributed by atoms with Gasteiger partial charge in [0.05, 0.1) is 13.5 Å². The van der Waals surface area contributed by atoms with E-state index in [1.807, 2.05) is 0 Å². The fourth-order valence-electron chi connectivity index (χ4n) is 1.68. The zero-order valence-electron chi connectivity index (χ0n) is 14.8. The molecule has 0 aromatic heterocycles. The largest absolute Gasteiger partial charge is 0.466 e. The minimum Gasteiger partial charge on any atom is -0.466 e. The minimum atomic E-state index is -0.705. The first-order valence-electron chi connectivity index (χ1n) is 7.58. The molecule has 6 nitrogen and oxygen atoms in total. The van der Waals surface area contributed by atoms with Gasteiger partial charge in [0.25, 0.3) is 0 Å². The van der Waals surface area contributed by atoms with Crippen molar-refractivity contribution in [3.8, 4) is 5.75 Å². The van der Waals surface area contributed by atoms with Crippen LogP contribution in [0.5, 0.6) is 5.75 Å².